The maximum absolute atomic E-state index is 12.1. The summed E-state index contributed by atoms with van der Waals surface area (Å²) in [6.07, 6.45) is 1.39. The highest BCUT2D eigenvalue weighted by Crippen LogP contribution is 2.39. The second kappa shape index (κ2) is 8.01. The van der Waals surface area contributed by atoms with Gasteiger partial charge >= 0.3 is 13.2 Å². The van der Waals surface area contributed by atoms with Gasteiger partial charge in [-0.2, -0.15) is 0 Å². The molecule has 0 aliphatic carbocycles. The zero-order valence-corrected chi connectivity index (χ0v) is 18.8. The number of alkyl carbamates (subject to hydrolysis) is 1. The largest absolute Gasteiger partial charge is 0.492 e. The maximum atomic E-state index is 12.1. The van der Waals surface area contributed by atoms with Crippen LogP contribution in [0.1, 0.15) is 69.9 Å². The van der Waals surface area contributed by atoms with Gasteiger partial charge in [-0.3, -0.25) is 4.79 Å². The van der Waals surface area contributed by atoms with Crippen molar-refractivity contribution in [2.24, 2.45) is 0 Å². The Morgan fingerprint density at radius 1 is 1.18 bits per heavy atom. The van der Waals surface area contributed by atoms with Crippen LogP contribution < -0.4 is 5.32 Å². The lowest BCUT2D eigenvalue weighted by atomic mass is 9.77. The molecule has 8 heteroatoms. The van der Waals surface area contributed by atoms with Gasteiger partial charge in [-0.05, 0) is 79.1 Å². The Hall–Kier alpha value is -1.64. The van der Waals surface area contributed by atoms with Crippen LogP contribution in [-0.2, 0) is 14.0 Å². The van der Waals surface area contributed by atoms with E-state index < -0.39 is 30.0 Å². The van der Waals surface area contributed by atoms with E-state index in [1.54, 1.807) is 13.0 Å². The van der Waals surface area contributed by atoms with Crippen molar-refractivity contribution in [3.05, 3.63) is 27.4 Å². The second-order valence-electron chi connectivity index (χ2n) is 8.92. The summed E-state index contributed by atoms with van der Waals surface area (Å²) >= 11 is 1.39. The Morgan fingerprint density at radius 2 is 1.75 bits per heavy atom. The van der Waals surface area contributed by atoms with Crippen LogP contribution in [0, 0.1) is 0 Å². The van der Waals surface area contributed by atoms with E-state index in [0.717, 1.165) is 10.3 Å². The van der Waals surface area contributed by atoms with Gasteiger partial charge in [-0.15, -0.1) is 11.3 Å². The summed E-state index contributed by atoms with van der Waals surface area (Å²) in [5, 5.41) is 2.77. The van der Waals surface area contributed by atoms with E-state index in [1.807, 2.05) is 60.6 Å². The Balaban J connectivity index is 2.24. The predicted molar refractivity (Wildman–Crippen MR) is 113 cm³/mol. The number of ketones is 1. The van der Waals surface area contributed by atoms with Gasteiger partial charge < -0.3 is 19.4 Å². The van der Waals surface area contributed by atoms with E-state index in [4.69, 9.17) is 14.0 Å². The summed E-state index contributed by atoms with van der Waals surface area (Å²) in [5.41, 5.74) is -0.824. The molecule has 1 saturated heterocycles. The average Bonchev–Trinajstić information content (AvgIpc) is 3.04. The first kappa shape index (κ1) is 22.7. The van der Waals surface area contributed by atoms with E-state index in [9.17, 15) is 9.59 Å². The molecule has 1 aromatic rings. The molecule has 1 N–H and O–H groups in total. The molecule has 0 bridgehead atoms. The molecule has 0 aromatic carbocycles. The summed E-state index contributed by atoms with van der Waals surface area (Å²) in [7, 11) is -0.609. The highest BCUT2D eigenvalue weighted by Gasteiger charge is 2.52. The van der Waals surface area contributed by atoms with Crippen LogP contribution >= 0.6 is 11.3 Å². The van der Waals surface area contributed by atoms with Crippen LogP contribution in [0.4, 0.5) is 4.79 Å². The van der Waals surface area contributed by atoms with Crippen LogP contribution in [0.3, 0.4) is 0 Å². The van der Waals surface area contributed by atoms with Gasteiger partial charge in [-0.1, -0.05) is 0 Å². The highest BCUT2D eigenvalue weighted by atomic mass is 32.1. The molecule has 0 unspecified atom stereocenters. The molecule has 0 radical (unpaired) electrons. The molecule has 1 aliphatic heterocycles. The molecule has 6 nitrogen and oxygen atoms in total. The average molecular weight is 407 g/mol. The normalized spacial score (nSPS) is 18.9. The van der Waals surface area contributed by atoms with Crippen LogP contribution in [0.5, 0.6) is 0 Å². The summed E-state index contributed by atoms with van der Waals surface area (Å²) < 4.78 is 17.6. The standard InChI is InChI=1S/C20H30BNO5S/c1-13(23)16-10-9-15(28-16)11-14(12-22-17(24)25-18(2,3)4)21-26-19(5,6)20(7,8)27-21/h9-11H,12H2,1-8H3,(H,22,24). The zero-order valence-electron chi connectivity index (χ0n) is 18.0. The highest BCUT2D eigenvalue weighted by molar-refractivity contribution is 7.14. The van der Waals surface area contributed by atoms with Crippen molar-refractivity contribution < 1.29 is 23.6 Å². The third-order valence-corrected chi connectivity index (χ3v) is 5.83. The number of hydrogen-bond donors (Lipinski definition) is 1. The van der Waals surface area contributed by atoms with Crippen molar-refractivity contribution in [2.45, 2.75) is 72.2 Å². The minimum absolute atomic E-state index is 0.0220. The number of rotatable bonds is 5. The van der Waals surface area contributed by atoms with E-state index >= 15 is 0 Å². The third kappa shape index (κ3) is 5.69. The van der Waals surface area contributed by atoms with Crippen molar-refractivity contribution in [2.75, 3.05) is 6.54 Å². The Bertz CT molecular complexity index is 760. The van der Waals surface area contributed by atoms with Gasteiger partial charge in [0.15, 0.2) is 5.78 Å². The smallest absolute Gasteiger partial charge is 0.444 e. The van der Waals surface area contributed by atoms with Crippen molar-refractivity contribution in [3.63, 3.8) is 0 Å². The van der Waals surface area contributed by atoms with E-state index in [-0.39, 0.29) is 12.3 Å². The van der Waals surface area contributed by atoms with Crippen molar-refractivity contribution >= 4 is 36.4 Å². The fraction of sp³-hybridized carbons (Fsp3) is 0.600. The number of nitrogens with one attached hydrogen (secondary N) is 1. The quantitative estimate of drug-likeness (QED) is 0.575. The molecular formula is C20H30BNO5S. The summed E-state index contributed by atoms with van der Waals surface area (Å²) in [6.45, 7) is 15.1. The van der Waals surface area contributed by atoms with E-state index in [0.29, 0.717) is 4.88 Å². The maximum Gasteiger partial charge on any atom is 0.492 e. The number of ether oxygens (including phenoxy) is 1. The summed E-state index contributed by atoms with van der Waals surface area (Å²) in [4.78, 5) is 25.2. The van der Waals surface area contributed by atoms with Gasteiger partial charge in [-0.25, -0.2) is 4.79 Å². The minimum Gasteiger partial charge on any atom is -0.444 e. The fourth-order valence-electron chi connectivity index (χ4n) is 2.49. The molecule has 0 saturated carbocycles. The second-order valence-corrected chi connectivity index (χ2v) is 10.0. The van der Waals surface area contributed by atoms with Gasteiger partial charge in [0.25, 0.3) is 0 Å². The Labute approximate surface area is 171 Å². The van der Waals surface area contributed by atoms with Crippen molar-refractivity contribution in [1.29, 1.82) is 0 Å². The molecule has 28 heavy (non-hydrogen) atoms. The fourth-order valence-corrected chi connectivity index (χ4v) is 3.37. The third-order valence-electron chi connectivity index (χ3n) is 4.69. The number of Topliss-reactive ketones (excluding diaryl/α,β-unsaturated/α-hetero) is 1. The number of carbonyl (C=O) groups is 2. The molecule has 2 rings (SSSR count). The molecular weight excluding hydrogens is 377 g/mol. The number of hydrogen-bond acceptors (Lipinski definition) is 6. The number of thiophene rings is 1. The van der Waals surface area contributed by atoms with Crippen LogP contribution in [0.2, 0.25) is 0 Å². The molecule has 0 spiro atoms. The zero-order chi connectivity index (χ0) is 21.3. The Morgan fingerprint density at radius 3 is 2.21 bits per heavy atom. The minimum atomic E-state index is -0.609. The molecule has 1 aliphatic rings. The van der Waals surface area contributed by atoms with Crippen LogP contribution in [-0.4, -0.2) is 42.3 Å². The monoisotopic (exact) mass is 407 g/mol. The molecule has 1 aromatic heterocycles. The van der Waals surface area contributed by atoms with Crippen molar-refractivity contribution in [1.82, 2.24) is 5.32 Å². The van der Waals surface area contributed by atoms with Gasteiger partial charge in [0.1, 0.15) is 5.60 Å². The van der Waals surface area contributed by atoms with Gasteiger partial charge in [0.05, 0.1) is 16.1 Å². The lowest BCUT2D eigenvalue weighted by molar-refractivity contribution is 0.00578. The number of amides is 1. The Kier molecular flexibility index (Phi) is 6.48. The first-order valence-electron chi connectivity index (χ1n) is 9.34. The first-order valence-corrected chi connectivity index (χ1v) is 10.2. The van der Waals surface area contributed by atoms with Gasteiger partial charge in [0.2, 0.25) is 0 Å². The van der Waals surface area contributed by atoms with Gasteiger partial charge in [0, 0.05) is 11.4 Å². The summed E-state index contributed by atoms with van der Waals surface area (Å²) in [6, 6.07) is 3.67. The van der Waals surface area contributed by atoms with Crippen LogP contribution in [0.15, 0.2) is 17.6 Å². The predicted octanol–water partition coefficient (Wildman–Crippen LogP) is 4.49. The van der Waals surface area contributed by atoms with Crippen LogP contribution in [0.25, 0.3) is 6.08 Å². The lowest BCUT2D eigenvalue weighted by Gasteiger charge is -2.32. The summed E-state index contributed by atoms with van der Waals surface area (Å²) in [5.74, 6) is 0.0220. The number of carbonyl (C=O) groups excluding carboxylic acids is 2. The molecule has 1 fully saturated rings. The molecule has 0 atom stereocenters. The first-order chi connectivity index (χ1) is 12.7. The van der Waals surface area contributed by atoms with Crippen molar-refractivity contribution in [3.8, 4) is 0 Å². The molecule has 154 valence electrons. The van der Waals surface area contributed by atoms with E-state index in [2.05, 4.69) is 5.32 Å². The molecule has 2 heterocycles. The van der Waals surface area contributed by atoms with E-state index in [1.165, 1.54) is 11.3 Å². The molecule has 1 amide bonds. The SMILES string of the molecule is CC(=O)c1ccc(C=C(CNC(=O)OC(C)(C)C)B2OC(C)(C)C(C)(C)O2)s1. The lowest BCUT2D eigenvalue weighted by Crippen LogP contribution is -2.41. The topological polar surface area (TPSA) is 73.9 Å².